The zero-order valence-electron chi connectivity index (χ0n) is 16.0. The van der Waals surface area contributed by atoms with E-state index >= 15 is 0 Å². The molecule has 0 atom stereocenters. The van der Waals surface area contributed by atoms with Gasteiger partial charge in [-0.2, -0.15) is 5.10 Å². The maximum atomic E-state index is 12.6. The summed E-state index contributed by atoms with van der Waals surface area (Å²) in [5.74, 6) is 0.755. The summed E-state index contributed by atoms with van der Waals surface area (Å²) < 4.78 is 1.84. The number of anilines is 2. The maximum absolute atomic E-state index is 12.6. The number of aryl methyl sites for hydroxylation is 2. The van der Waals surface area contributed by atoms with Gasteiger partial charge in [-0.3, -0.25) is 14.5 Å². The second-order valence-corrected chi connectivity index (χ2v) is 7.04. The van der Waals surface area contributed by atoms with E-state index in [0.29, 0.717) is 25.1 Å². The minimum Gasteiger partial charge on any atom is -0.322 e. The molecule has 2 aromatic carbocycles. The molecule has 0 saturated carbocycles. The number of hydrogen-bond acceptors (Lipinski definition) is 3. The number of benzene rings is 2. The van der Waals surface area contributed by atoms with Crippen LogP contribution in [0.3, 0.4) is 0 Å². The number of nitrogens with one attached hydrogen (secondary N) is 1. The SMILES string of the molecule is Cc1cccc(NC(=O)c2ccc(CN3C(=O)CCn4nccc43)cc2)c1C. The van der Waals surface area contributed by atoms with E-state index < -0.39 is 0 Å². The number of hydrogen-bond donors (Lipinski definition) is 1. The molecule has 1 aromatic heterocycles. The molecule has 142 valence electrons. The van der Waals surface area contributed by atoms with Crippen LogP contribution >= 0.6 is 0 Å². The van der Waals surface area contributed by atoms with Crippen molar-refractivity contribution < 1.29 is 9.59 Å². The minimum absolute atomic E-state index is 0.0877. The lowest BCUT2D eigenvalue weighted by Gasteiger charge is -2.27. The molecule has 1 aliphatic heterocycles. The van der Waals surface area contributed by atoms with Crippen molar-refractivity contribution in [2.24, 2.45) is 0 Å². The van der Waals surface area contributed by atoms with Crippen LogP contribution in [0.25, 0.3) is 0 Å². The summed E-state index contributed by atoms with van der Waals surface area (Å²) >= 11 is 0. The molecule has 1 N–H and O–H groups in total. The van der Waals surface area contributed by atoms with Crippen molar-refractivity contribution in [3.05, 3.63) is 77.0 Å². The van der Waals surface area contributed by atoms with E-state index in [1.54, 1.807) is 23.2 Å². The highest BCUT2D eigenvalue weighted by Crippen LogP contribution is 2.23. The fourth-order valence-electron chi connectivity index (χ4n) is 3.39. The molecule has 2 heterocycles. The van der Waals surface area contributed by atoms with Crippen molar-refractivity contribution in [3.8, 4) is 0 Å². The zero-order chi connectivity index (χ0) is 19.7. The van der Waals surface area contributed by atoms with Crippen molar-refractivity contribution in [2.45, 2.75) is 33.4 Å². The Hall–Kier alpha value is -3.41. The van der Waals surface area contributed by atoms with Crippen LogP contribution < -0.4 is 10.2 Å². The van der Waals surface area contributed by atoms with Gasteiger partial charge in [0, 0.05) is 23.7 Å². The number of aromatic nitrogens is 2. The molecule has 0 bridgehead atoms. The predicted molar refractivity (Wildman–Crippen MR) is 108 cm³/mol. The quantitative estimate of drug-likeness (QED) is 0.757. The molecule has 1 aliphatic rings. The van der Waals surface area contributed by atoms with E-state index in [0.717, 1.165) is 28.2 Å². The van der Waals surface area contributed by atoms with Gasteiger partial charge in [0.15, 0.2) is 0 Å². The number of carbonyl (C=O) groups excluding carboxylic acids is 2. The first kappa shape index (κ1) is 18.0. The lowest BCUT2D eigenvalue weighted by Crippen LogP contribution is -2.36. The number of rotatable bonds is 4. The van der Waals surface area contributed by atoms with E-state index in [4.69, 9.17) is 0 Å². The van der Waals surface area contributed by atoms with E-state index in [1.165, 1.54) is 0 Å². The molecule has 0 unspecified atom stereocenters. The average Bonchev–Trinajstić information content (AvgIpc) is 3.17. The van der Waals surface area contributed by atoms with Gasteiger partial charge in [0.05, 0.1) is 19.3 Å². The molecular formula is C22H22N4O2. The van der Waals surface area contributed by atoms with Crippen molar-refractivity contribution in [1.29, 1.82) is 0 Å². The first-order valence-electron chi connectivity index (χ1n) is 9.31. The Morgan fingerprint density at radius 1 is 1.11 bits per heavy atom. The molecule has 0 saturated heterocycles. The highest BCUT2D eigenvalue weighted by atomic mass is 16.2. The zero-order valence-corrected chi connectivity index (χ0v) is 16.0. The van der Waals surface area contributed by atoms with E-state index in [-0.39, 0.29) is 11.8 Å². The topological polar surface area (TPSA) is 67.2 Å². The summed E-state index contributed by atoms with van der Waals surface area (Å²) in [5, 5.41) is 7.21. The molecular weight excluding hydrogens is 352 g/mol. The fraction of sp³-hybridized carbons (Fsp3) is 0.227. The van der Waals surface area contributed by atoms with Crippen LogP contribution in [-0.4, -0.2) is 21.6 Å². The smallest absolute Gasteiger partial charge is 0.255 e. The van der Waals surface area contributed by atoms with Gasteiger partial charge in [0.25, 0.3) is 5.91 Å². The molecule has 2 amide bonds. The van der Waals surface area contributed by atoms with Crippen LogP contribution in [-0.2, 0) is 17.9 Å². The molecule has 0 aliphatic carbocycles. The summed E-state index contributed by atoms with van der Waals surface area (Å²) in [7, 11) is 0. The van der Waals surface area contributed by atoms with Gasteiger partial charge < -0.3 is 5.32 Å². The highest BCUT2D eigenvalue weighted by Gasteiger charge is 2.24. The van der Waals surface area contributed by atoms with Gasteiger partial charge in [0.2, 0.25) is 5.91 Å². The number of nitrogens with zero attached hydrogens (tertiary/aromatic N) is 3. The predicted octanol–water partition coefficient (Wildman–Crippen LogP) is 3.69. The Balaban J connectivity index is 1.48. The second kappa shape index (κ2) is 7.31. The van der Waals surface area contributed by atoms with Crippen molar-refractivity contribution in [3.63, 3.8) is 0 Å². The first-order chi connectivity index (χ1) is 13.5. The third kappa shape index (κ3) is 3.41. The Bertz CT molecular complexity index is 1040. The molecule has 28 heavy (non-hydrogen) atoms. The Morgan fingerprint density at radius 2 is 1.89 bits per heavy atom. The van der Waals surface area contributed by atoms with Gasteiger partial charge in [0.1, 0.15) is 5.82 Å². The summed E-state index contributed by atoms with van der Waals surface area (Å²) in [5.41, 5.74) is 4.57. The number of carbonyl (C=O) groups is 2. The van der Waals surface area contributed by atoms with Gasteiger partial charge in [-0.25, -0.2) is 4.68 Å². The van der Waals surface area contributed by atoms with Crippen LogP contribution in [0.1, 0.15) is 33.5 Å². The van der Waals surface area contributed by atoms with Crippen LogP contribution in [0, 0.1) is 13.8 Å². The Labute approximate surface area is 163 Å². The van der Waals surface area contributed by atoms with Crippen LogP contribution in [0.5, 0.6) is 0 Å². The summed E-state index contributed by atoms with van der Waals surface area (Å²) in [6.45, 7) is 5.10. The lowest BCUT2D eigenvalue weighted by atomic mass is 10.1. The summed E-state index contributed by atoms with van der Waals surface area (Å²) in [6, 6.07) is 15.1. The van der Waals surface area contributed by atoms with Crippen molar-refractivity contribution >= 4 is 23.3 Å². The Kier molecular flexibility index (Phi) is 4.69. The van der Waals surface area contributed by atoms with Gasteiger partial charge in [-0.15, -0.1) is 0 Å². The van der Waals surface area contributed by atoms with Crippen LogP contribution in [0.15, 0.2) is 54.7 Å². The average molecular weight is 374 g/mol. The maximum Gasteiger partial charge on any atom is 0.255 e. The largest absolute Gasteiger partial charge is 0.322 e. The van der Waals surface area contributed by atoms with Gasteiger partial charge in [-0.05, 0) is 48.7 Å². The molecule has 6 heteroatoms. The van der Waals surface area contributed by atoms with Gasteiger partial charge in [-0.1, -0.05) is 24.3 Å². The van der Waals surface area contributed by atoms with Crippen LogP contribution in [0.2, 0.25) is 0 Å². The molecule has 0 radical (unpaired) electrons. The van der Waals surface area contributed by atoms with Gasteiger partial charge >= 0.3 is 0 Å². The molecule has 0 spiro atoms. The number of amides is 2. The summed E-state index contributed by atoms with van der Waals surface area (Å²) in [6.07, 6.45) is 2.16. The lowest BCUT2D eigenvalue weighted by molar-refractivity contribution is -0.119. The second-order valence-electron chi connectivity index (χ2n) is 7.04. The summed E-state index contributed by atoms with van der Waals surface area (Å²) in [4.78, 5) is 26.6. The van der Waals surface area contributed by atoms with Crippen molar-refractivity contribution in [1.82, 2.24) is 9.78 Å². The molecule has 6 nitrogen and oxygen atoms in total. The highest BCUT2D eigenvalue weighted by molar-refractivity contribution is 6.04. The standard InChI is InChI=1S/C22H22N4O2/c1-15-4-3-5-19(16(15)2)24-22(28)18-8-6-17(7-9-18)14-25-20-10-12-23-26(20)13-11-21(25)27/h3-10,12H,11,13-14H2,1-2H3,(H,24,28). The third-order valence-corrected chi connectivity index (χ3v) is 5.22. The van der Waals surface area contributed by atoms with E-state index in [9.17, 15) is 9.59 Å². The minimum atomic E-state index is -0.146. The molecule has 0 fully saturated rings. The Morgan fingerprint density at radius 3 is 2.68 bits per heavy atom. The fourth-order valence-corrected chi connectivity index (χ4v) is 3.39. The number of fused-ring (bicyclic) bond motifs is 1. The monoisotopic (exact) mass is 374 g/mol. The van der Waals surface area contributed by atoms with Crippen molar-refractivity contribution in [2.75, 3.05) is 10.2 Å². The van der Waals surface area contributed by atoms with E-state index in [1.807, 2.05) is 54.9 Å². The normalized spacial score (nSPS) is 13.4. The first-order valence-corrected chi connectivity index (χ1v) is 9.31. The van der Waals surface area contributed by atoms with E-state index in [2.05, 4.69) is 10.4 Å². The molecule has 3 aromatic rings. The molecule has 4 rings (SSSR count). The van der Waals surface area contributed by atoms with Crippen LogP contribution in [0.4, 0.5) is 11.5 Å². The third-order valence-electron chi connectivity index (χ3n) is 5.22.